The Morgan fingerprint density at radius 3 is 1.89 bits per heavy atom. The molecule has 0 saturated carbocycles. The summed E-state index contributed by atoms with van der Waals surface area (Å²) in [6.07, 6.45) is -5.14. The molecule has 0 spiro atoms. The number of rotatable bonds is 7. The molecule has 2 aliphatic heterocycles. The van der Waals surface area contributed by atoms with E-state index < -0.39 is 59.4 Å². The first-order chi connectivity index (χ1) is 17.1. The molecule has 0 unspecified atom stereocenters. The predicted octanol–water partition coefficient (Wildman–Crippen LogP) is 3.67. The molecule has 0 N–H and O–H groups in total. The van der Waals surface area contributed by atoms with Crippen LogP contribution in [0.25, 0.3) is 0 Å². The summed E-state index contributed by atoms with van der Waals surface area (Å²) in [6.45, 7) is 8.99. The molecule has 12 heteroatoms. The van der Waals surface area contributed by atoms with Crippen LogP contribution in [0.3, 0.4) is 0 Å². The van der Waals surface area contributed by atoms with Crippen molar-refractivity contribution in [2.75, 3.05) is 6.61 Å². The Balaban J connectivity index is 1.72. The summed E-state index contributed by atoms with van der Waals surface area (Å²) >= 11 is 0. The first kappa shape index (κ1) is 28.2. The zero-order valence-electron chi connectivity index (χ0n) is 21.2. The van der Waals surface area contributed by atoms with Gasteiger partial charge in [-0.1, -0.05) is 81.4 Å². The molecule has 2 aromatic carbocycles. The molecular weight excluding hydrogens is 529 g/mol. The van der Waals surface area contributed by atoms with Gasteiger partial charge in [-0.2, -0.15) is 21.6 Å². The molecule has 2 aromatic rings. The van der Waals surface area contributed by atoms with Crippen LogP contribution in [-0.2, 0) is 32.9 Å². The van der Waals surface area contributed by atoms with Gasteiger partial charge in [0, 0.05) is 0 Å². The number of hydrogen-bond donors (Lipinski definition) is 0. The summed E-state index contributed by atoms with van der Waals surface area (Å²) in [7, 11) is -9.03. The molecule has 2 aliphatic rings. The minimum atomic E-state index is -5.94. The quantitative estimate of drug-likeness (QED) is 0.290. The van der Waals surface area contributed by atoms with Crippen LogP contribution in [-0.4, -0.2) is 59.2 Å². The van der Waals surface area contributed by atoms with Gasteiger partial charge in [-0.05, 0) is 29.3 Å². The van der Waals surface area contributed by atoms with Crippen molar-refractivity contribution >= 4 is 28.8 Å². The molecule has 4 rings (SSSR count). The lowest BCUT2D eigenvalue weighted by molar-refractivity contribution is -0.216. The van der Waals surface area contributed by atoms with Crippen molar-refractivity contribution < 1.29 is 44.4 Å². The highest BCUT2D eigenvalue weighted by atomic mass is 32.2. The smallest absolute Gasteiger partial charge is 0.405 e. The zero-order chi connectivity index (χ0) is 27.3. The molecule has 0 aromatic heterocycles. The Kier molecular flexibility index (Phi) is 7.43. The van der Waals surface area contributed by atoms with E-state index in [4.69, 9.17) is 22.8 Å². The van der Waals surface area contributed by atoms with E-state index in [1.165, 1.54) is 0 Å². The van der Waals surface area contributed by atoms with Crippen LogP contribution >= 0.6 is 0 Å². The highest BCUT2D eigenvalue weighted by Gasteiger charge is 2.60. The van der Waals surface area contributed by atoms with E-state index in [0.29, 0.717) is 0 Å². The number of halogens is 3. The fourth-order valence-corrected chi connectivity index (χ4v) is 10.2. The van der Waals surface area contributed by atoms with Crippen molar-refractivity contribution in [3.05, 3.63) is 60.7 Å². The van der Waals surface area contributed by atoms with E-state index in [1.807, 2.05) is 81.4 Å². The fourth-order valence-electron chi connectivity index (χ4n) is 4.97. The van der Waals surface area contributed by atoms with E-state index in [2.05, 4.69) is 0 Å². The minimum Gasteiger partial charge on any atom is -0.405 e. The molecular formula is C25H31F3O7SSi. The van der Waals surface area contributed by atoms with Gasteiger partial charge in [0.1, 0.15) is 18.3 Å². The van der Waals surface area contributed by atoms with E-state index in [1.54, 1.807) is 13.8 Å². The second-order valence-corrected chi connectivity index (χ2v) is 16.4. The van der Waals surface area contributed by atoms with Crippen molar-refractivity contribution in [2.24, 2.45) is 0 Å². The van der Waals surface area contributed by atoms with Crippen molar-refractivity contribution in [3.63, 3.8) is 0 Å². The second-order valence-electron chi connectivity index (χ2n) is 10.6. The van der Waals surface area contributed by atoms with Gasteiger partial charge in [0.15, 0.2) is 12.1 Å². The maximum absolute atomic E-state index is 13.2. The van der Waals surface area contributed by atoms with Crippen molar-refractivity contribution in [1.82, 2.24) is 0 Å². The predicted molar refractivity (Wildman–Crippen MR) is 132 cm³/mol. The third-order valence-electron chi connectivity index (χ3n) is 6.49. The number of fused-ring (bicyclic) bond motifs is 1. The zero-order valence-corrected chi connectivity index (χ0v) is 23.0. The highest BCUT2D eigenvalue weighted by molar-refractivity contribution is 7.87. The molecule has 0 amide bonds. The molecule has 0 aliphatic carbocycles. The second kappa shape index (κ2) is 9.74. The standard InChI is InChI=1S/C25H31F3O7SSi/c1-23(2,3)37(17-12-8-6-9-13-17,18-14-10-7-11-15-18)31-16-19-20(35-36(29,30)25(26,27)28)21-22(32-19)34-24(4,5)33-21/h6-15,19-22H,16H2,1-5H3/t19-,20+,21-,22-/m1/s1. The van der Waals surface area contributed by atoms with Crippen molar-refractivity contribution in [2.45, 2.75) is 75.6 Å². The van der Waals surface area contributed by atoms with Crippen molar-refractivity contribution in [3.8, 4) is 0 Å². The lowest BCUT2D eigenvalue weighted by Gasteiger charge is -2.43. The van der Waals surface area contributed by atoms with Gasteiger partial charge in [0.2, 0.25) is 0 Å². The van der Waals surface area contributed by atoms with Gasteiger partial charge in [0.05, 0.1) is 6.61 Å². The van der Waals surface area contributed by atoms with E-state index >= 15 is 0 Å². The van der Waals surface area contributed by atoms with E-state index in [-0.39, 0.29) is 6.61 Å². The highest BCUT2D eigenvalue weighted by Crippen LogP contribution is 2.42. The third-order valence-corrected chi connectivity index (χ3v) is 12.5. The molecule has 2 fully saturated rings. The molecule has 37 heavy (non-hydrogen) atoms. The van der Waals surface area contributed by atoms with Crippen LogP contribution in [0.2, 0.25) is 5.04 Å². The Bertz CT molecular complexity index is 1140. The summed E-state index contributed by atoms with van der Waals surface area (Å²) in [5.74, 6) is -1.19. The van der Waals surface area contributed by atoms with Gasteiger partial charge in [-0.3, -0.25) is 4.18 Å². The summed E-state index contributed by atoms with van der Waals surface area (Å²) in [6, 6.07) is 19.2. The van der Waals surface area contributed by atoms with E-state index in [9.17, 15) is 21.6 Å². The van der Waals surface area contributed by atoms with Gasteiger partial charge < -0.3 is 18.6 Å². The third kappa shape index (κ3) is 5.38. The van der Waals surface area contributed by atoms with Crippen LogP contribution in [0.1, 0.15) is 34.6 Å². The maximum atomic E-state index is 13.2. The SMILES string of the molecule is CC1(C)O[C@H]2O[C@H](CO[Si](c3ccccc3)(c3ccccc3)C(C)(C)C)[C@H](OS(=O)(=O)C(F)(F)F)[C@H]2O1. The lowest BCUT2D eigenvalue weighted by atomic mass is 10.1. The van der Waals surface area contributed by atoms with Gasteiger partial charge in [-0.15, -0.1) is 0 Å². The van der Waals surface area contributed by atoms with Gasteiger partial charge >= 0.3 is 15.6 Å². The Hall–Kier alpha value is -1.80. The summed E-state index contributed by atoms with van der Waals surface area (Å²) < 4.78 is 92.3. The lowest BCUT2D eigenvalue weighted by Crippen LogP contribution is -2.67. The van der Waals surface area contributed by atoms with Gasteiger partial charge in [0.25, 0.3) is 8.32 Å². The van der Waals surface area contributed by atoms with Crippen LogP contribution in [0.15, 0.2) is 60.7 Å². The summed E-state index contributed by atoms with van der Waals surface area (Å²) in [5, 5.41) is 1.47. The average molecular weight is 561 g/mol. The molecule has 0 radical (unpaired) electrons. The van der Waals surface area contributed by atoms with Crippen LogP contribution < -0.4 is 10.4 Å². The van der Waals surface area contributed by atoms with Crippen LogP contribution in [0.5, 0.6) is 0 Å². The fraction of sp³-hybridized carbons (Fsp3) is 0.520. The minimum absolute atomic E-state index is 0.245. The summed E-state index contributed by atoms with van der Waals surface area (Å²) in [4.78, 5) is 0. The van der Waals surface area contributed by atoms with Crippen LogP contribution in [0.4, 0.5) is 13.2 Å². The average Bonchev–Trinajstić information content (AvgIpc) is 3.25. The molecule has 204 valence electrons. The topological polar surface area (TPSA) is 80.3 Å². The first-order valence-electron chi connectivity index (χ1n) is 11.8. The normalized spacial score (nSPS) is 26.3. The summed E-state index contributed by atoms with van der Waals surface area (Å²) in [5.41, 5.74) is -5.61. The number of benzene rings is 2. The molecule has 4 atom stereocenters. The van der Waals surface area contributed by atoms with E-state index in [0.717, 1.165) is 10.4 Å². The maximum Gasteiger partial charge on any atom is 0.523 e. The Labute approximate surface area is 216 Å². The monoisotopic (exact) mass is 560 g/mol. The largest absolute Gasteiger partial charge is 0.523 e. The number of ether oxygens (including phenoxy) is 3. The van der Waals surface area contributed by atoms with Gasteiger partial charge in [-0.25, -0.2) is 0 Å². The first-order valence-corrected chi connectivity index (χ1v) is 15.1. The molecule has 0 bridgehead atoms. The van der Waals surface area contributed by atoms with Crippen molar-refractivity contribution in [1.29, 1.82) is 0 Å². The Morgan fingerprint density at radius 1 is 0.919 bits per heavy atom. The molecule has 2 heterocycles. The molecule has 2 saturated heterocycles. The van der Waals surface area contributed by atoms with Crippen LogP contribution in [0, 0.1) is 0 Å². The number of alkyl halides is 3. The molecule has 7 nitrogen and oxygen atoms in total. The number of hydrogen-bond acceptors (Lipinski definition) is 7. The Morgan fingerprint density at radius 2 is 1.43 bits per heavy atom.